The Morgan fingerprint density at radius 3 is 2.57 bits per heavy atom. The van der Waals surface area contributed by atoms with Gasteiger partial charge in [-0.2, -0.15) is 0 Å². The summed E-state index contributed by atoms with van der Waals surface area (Å²) in [5.41, 5.74) is 0.0825. The van der Waals surface area contributed by atoms with Crippen LogP contribution in [0.1, 0.15) is 24.2 Å². The highest BCUT2D eigenvalue weighted by Gasteiger charge is 2.34. The number of benzene rings is 1. The average molecular weight is 312 g/mol. The van der Waals surface area contributed by atoms with Crippen LogP contribution in [0, 0.1) is 10.1 Å². The lowest BCUT2D eigenvalue weighted by atomic mass is 9.99. The molecule has 1 aromatic rings. The predicted molar refractivity (Wildman–Crippen MR) is 80.7 cm³/mol. The monoisotopic (exact) mass is 311 g/mol. The summed E-state index contributed by atoms with van der Waals surface area (Å²) < 4.78 is 0. The first-order chi connectivity index (χ1) is 9.72. The Hall–Kier alpha value is -1.66. The molecule has 1 fully saturated rings. The van der Waals surface area contributed by atoms with Gasteiger partial charge in [0.1, 0.15) is 0 Å². The Bertz CT molecular complexity index is 589. The van der Waals surface area contributed by atoms with Crippen LogP contribution >= 0.6 is 11.6 Å². The number of likely N-dealkylation sites (N-methyl/N-ethyl adjacent to an activating group) is 1. The van der Waals surface area contributed by atoms with Gasteiger partial charge < -0.3 is 4.90 Å². The average Bonchev–Trinajstić information content (AvgIpc) is 2.40. The molecule has 0 N–H and O–H groups in total. The van der Waals surface area contributed by atoms with Crippen molar-refractivity contribution in [2.45, 2.75) is 19.4 Å². The van der Waals surface area contributed by atoms with E-state index in [2.05, 4.69) is 18.7 Å². The zero-order valence-electron chi connectivity index (χ0n) is 12.3. The molecule has 0 aliphatic carbocycles. The van der Waals surface area contributed by atoms with Crippen LogP contribution in [0.15, 0.2) is 18.2 Å². The lowest BCUT2D eigenvalue weighted by molar-refractivity contribution is -0.384. The zero-order valence-corrected chi connectivity index (χ0v) is 13.1. The largest absolute Gasteiger partial charge is 0.335 e. The van der Waals surface area contributed by atoms with E-state index in [0.717, 1.165) is 6.54 Å². The smallest absolute Gasteiger partial charge is 0.270 e. The Morgan fingerprint density at radius 1 is 1.38 bits per heavy atom. The fourth-order valence-corrected chi connectivity index (χ4v) is 2.63. The highest BCUT2D eigenvalue weighted by atomic mass is 35.5. The molecule has 1 saturated heterocycles. The number of hydrogen-bond donors (Lipinski definition) is 0. The van der Waals surface area contributed by atoms with Crippen LogP contribution in [0.4, 0.5) is 5.69 Å². The standard InChI is InChI=1S/C14H18ClN3O3/c1-14(2)9-17(7-6-16(14)3)13(19)11-5-4-10(18(20)21)8-12(11)15/h4-5,8H,6-7,9H2,1-3H3. The first kappa shape index (κ1) is 15.7. The second-order valence-electron chi connectivity index (χ2n) is 5.88. The summed E-state index contributed by atoms with van der Waals surface area (Å²) in [6.07, 6.45) is 0. The van der Waals surface area contributed by atoms with Crippen LogP contribution in [0.3, 0.4) is 0 Å². The summed E-state index contributed by atoms with van der Waals surface area (Å²) in [6.45, 7) is 6.14. The van der Waals surface area contributed by atoms with E-state index in [4.69, 9.17) is 11.6 Å². The van der Waals surface area contributed by atoms with Crippen LogP contribution in [0.5, 0.6) is 0 Å². The number of carbonyl (C=O) groups excluding carboxylic acids is 1. The molecule has 1 aromatic carbocycles. The first-order valence-electron chi connectivity index (χ1n) is 6.67. The minimum Gasteiger partial charge on any atom is -0.335 e. The van der Waals surface area contributed by atoms with E-state index in [0.29, 0.717) is 18.7 Å². The van der Waals surface area contributed by atoms with Gasteiger partial charge in [0, 0.05) is 37.3 Å². The number of carbonyl (C=O) groups is 1. The van der Waals surface area contributed by atoms with Crippen molar-refractivity contribution >= 4 is 23.2 Å². The Labute approximate surface area is 128 Å². The van der Waals surface area contributed by atoms with Crippen LogP contribution in [0.25, 0.3) is 0 Å². The first-order valence-corrected chi connectivity index (χ1v) is 7.04. The van der Waals surface area contributed by atoms with Gasteiger partial charge in [0.2, 0.25) is 0 Å². The molecule has 1 heterocycles. The molecule has 0 radical (unpaired) electrons. The number of nitro benzene ring substituents is 1. The molecule has 114 valence electrons. The topological polar surface area (TPSA) is 66.7 Å². The lowest BCUT2D eigenvalue weighted by Gasteiger charge is -2.45. The molecule has 1 aliphatic heterocycles. The molecule has 1 aliphatic rings. The van der Waals surface area contributed by atoms with E-state index in [1.165, 1.54) is 18.2 Å². The molecular weight excluding hydrogens is 294 g/mol. The van der Waals surface area contributed by atoms with Gasteiger partial charge >= 0.3 is 0 Å². The number of halogens is 1. The quantitative estimate of drug-likeness (QED) is 0.621. The third-order valence-electron chi connectivity index (χ3n) is 4.00. The van der Waals surface area contributed by atoms with Gasteiger partial charge in [0.25, 0.3) is 11.6 Å². The minimum absolute atomic E-state index is 0.110. The van der Waals surface area contributed by atoms with Gasteiger partial charge in [0.15, 0.2) is 0 Å². The Balaban J connectivity index is 2.23. The summed E-state index contributed by atoms with van der Waals surface area (Å²) in [5, 5.41) is 10.8. The Morgan fingerprint density at radius 2 is 2.05 bits per heavy atom. The maximum Gasteiger partial charge on any atom is 0.270 e. The van der Waals surface area contributed by atoms with Crippen molar-refractivity contribution in [3.63, 3.8) is 0 Å². The van der Waals surface area contributed by atoms with Crippen molar-refractivity contribution < 1.29 is 9.72 Å². The van der Waals surface area contributed by atoms with E-state index in [9.17, 15) is 14.9 Å². The number of nitro groups is 1. The SMILES string of the molecule is CN1CCN(C(=O)c2ccc([N+](=O)[O-])cc2Cl)CC1(C)C. The van der Waals surface area contributed by atoms with Gasteiger partial charge in [-0.3, -0.25) is 19.8 Å². The predicted octanol–water partition coefficient (Wildman–Crippen LogP) is 2.41. The third kappa shape index (κ3) is 3.16. The molecule has 0 atom stereocenters. The fourth-order valence-electron chi connectivity index (χ4n) is 2.37. The van der Waals surface area contributed by atoms with Gasteiger partial charge in [-0.25, -0.2) is 0 Å². The lowest BCUT2D eigenvalue weighted by Crippen LogP contribution is -2.58. The number of hydrogen-bond acceptors (Lipinski definition) is 4. The molecule has 7 heteroatoms. The molecule has 0 saturated carbocycles. The summed E-state index contributed by atoms with van der Waals surface area (Å²) in [6, 6.07) is 3.95. The molecular formula is C14H18ClN3O3. The molecule has 2 rings (SSSR count). The van der Waals surface area contributed by atoms with Crippen molar-refractivity contribution in [2.75, 3.05) is 26.7 Å². The van der Waals surface area contributed by atoms with E-state index >= 15 is 0 Å². The van der Waals surface area contributed by atoms with Gasteiger partial charge in [0.05, 0.1) is 15.5 Å². The summed E-state index contributed by atoms with van der Waals surface area (Å²) in [4.78, 5) is 26.7. The van der Waals surface area contributed by atoms with Crippen molar-refractivity contribution in [3.05, 3.63) is 38.9 Å². The zero-order chi connectivity index (χ0) is 15.8. The number of amides is 1. The molecule has 0 aromatic heterocycles. The normalized spacial score (nSPS) is 18.6. The molecule has 0 spiro atoms. The summed E-state index contributed by atoms with van der Waals surface area (Å²) >= 11 is 6.02. The highest BCUT2D eigenvalue weighted by Crippen LogP contribution is 2.26. The van der Waals surface area contributed by atoms with Crippen molar-refractivity contribution in [2.24, 2.45) is 0 Å². The molecule has 1 amide bonds. The second-order valence-corrected chi connectivity index (χ2v) is 6.29. The van der Waals surface area contributed by atoms with Crippen molar-refractivity contribution in [3.8, 4) is 0 Å². The van der Waals surface area contributed by atoms with Gasteiger partial charge in [-0.05, 0) is 27.0 Å². The number of rotatable bonds is 2. The maximum atomic E-state index is 12.5. The van der Waals surface area contributed by atoms with Gasteiger partial charge in [-0.15, -0.1) is 0 Å². The fraction of sp³-hybridized carbons (Fsp3) is 0.500. The number of piperazine rings is 1. The van der Waals surface area contributed by atoms with Crippen LogP contribution in [-0.2, 0) is 0 Å². The summed E-state index contributed by atoms with van der Waals surface area (Å²) in [5.74, 6) is -0.184. The van der Waals surface area contributed by atoms with Crippen LogP contribution in [0.2, 0.25) is 5.02 Å². The third-order valence-corrected chi connectivity index (χ3v) is 4.31. The van der Waals surface area contributed by atoms with E-state index in [1.807, 2.05) is 7.05 Å². The number of non-ortho nitro benzene ring substituents is 1. The van der Waals surface area contributed by atoms with Crippen LogP contribution in [-0.4, -0.2) is 52.9 Å². The van der Waals surface area contributed by atoms with Crippen LogP contribution < -0.4 is 0 Å². The minimum atomic E-state index is -0.529. The van der Waals surface area contributed by atoms with Gasteiger partial charge in [-0.1, -0.05) is 11.6 Å². The second kappa shape index (κ2) is 5.61. The summed E-state index contributed by atoms with van der Waals surface area (Å²) in [7, 11) is 2.03. The highest BCUT2D eigenvalue weighted by molar-refractivity contribution is 6.34. The number of nitrogens with zero attached hydrogens (tertiary/aromatic N) is 3. The molecule has 6 nitrogen and oxygen atoms in total. The molecule has 21 heavy (non-hydrogen) atoms. The Kier molecular flexibility index (Phi) is 4.20. The van der Waals surface area contributed by atoms with E-state index in [-0.39, 0.29) is 22.2 Å². The van der Waals surface area contributed by atoms with Crippen molar-refractivity contribution in [1.82, 2.24) is 9.80 Å². The van der Waals surface area contributed by atoms with E-state index in [1.54, 1.807) is 4.90 Å². The maximum absolute atomic E-state index is 12.5. The molecule has 0 bridgehead atoms. The van der Waals surface area contributed by atoms with Crippen molar-refractivity contribution in [1.29, 1.82) is 0 Å². The molecule has 0 unspecified atom stereocenters. The van der Waals surface area contributed by atoms with E-state index < -0.39 is 4.92 Å².